The number of rotatable bonds is 5. The summed E-state index contributed by atoms with van der Waals surface area (Å²) in [5, 5.41) is 0. The number of imidazole rings is 1. The molecule has 1 aromatic carbocycles. The molecule has 0 bridgehead atoms. The summed E-state index contributed by atoms with van der Waals surface area (Å²) in [6.07, 6.45) is 3.20. The van der Waals surface area contributed by atoms with Gasteiger partial charge in [-0.15, -0.1) is 0 Å². The fourth-order valence-corrected chi connectivity index (χ4v) is 2.79. The molecule has 1 aromatic heterocycles. The van der Waals surface area contributed by atoms with E-state index in [2.05, 4.69) is 16.9 Å². The minimum atomic E-state index is -3.19. The van der Waals surface area contributed by atoms with Gasteiger partial charge in [-0.05, 0) is 24.6 Å². The van der Waals surface area contributed by atoms with Gasteiger partial charge in [0.05, 0.1) is 15.9 Å². The summed E-state index contributed by atoms with van der Waals surface area (Å²) in [6, 6.07) is 4.94. The van der Waals surface area contributed by atoms with E-state index in [9.17, 15) is 8.42 Å². The molecule has 0 saturated heterocycles. The van der Waals surface area contributed by atoms with E-state index < -0.39 is 9.84 Å². The topological polar surface area (TPSA) is 88.8 Å². The van der Waals surface area contributed by atoms with Gasteiger partial charge in [0.2, 0.25) is 0 Å². The smallest absolute Gasteiger partial charge is 0.175 e. The number of nitrogens with two attached hydrogens (primary N) is 1. The summed E-state index contributed by atoms with van der Waals surface area (Å²) >= 11 is 0. The molecule has 6 heteroatoms. The van der Waals surface area contributed by atoms with Gasteiger partial charge >= 0.3 is 0 Å². The number of aromatic nitrogens is 2. The Bertz CT molecular complexity index is 676. The van der Waals surface area contributed by atoms with Gasteiger partial charge in [0, 0.05) is 18.7 Å². The van der Waals surface area contributed by atoms with Crippen molar-refractivity contribution in [1.29, 1.82) is 0 Å². The monoisotopic (exact) mass is 281 g/mol. The molecule has 1 unspecified atom stereocenters. The van der Waals surface area contributed by atoms with Crippen LogP contribution >= 0.6 is 0 Å². The molecule has 0 aliphatic rings. The third kappa shape index (κ3) is 2.96. The molecule has 19 heavy (non-hydrogen) atoms. The lowest BCUT2D eigenvalue weighted by molar-refractivity contribution is 0.596. The van der Waals surface area contributed by atoms with E-state index >= 15 is 0 Å². The highest BCUT2D eigenvalue weighted by molar-refractivity contribution is 7.90. The van der Waals surface area contributed by atoms with Crippen LogP contribution in [0.3, 0.4) is 0 Å². The molecule has 0 spiro atoms. The van der Waals surface area contributed by atoms with Crippen LogP contribution in [0, 0.1) is 0 Å². The molecular weight excluding hydrogens is 262 g/mol. The summed E-state index contributed by atoms with van der Waals surface area (Å²) in [5.41, 5.74) is 7.27. The van der Waals surface area contributed by atoms with Gasteiger partial charge in [-0.3, -0.25) is 0 Å². The molecule has 0 aliphatic carbocycles. The van der Waals surface area contributed by atoms with Crippen LogP contribution in [0.15, 0.2) is 23.1 Å². The maximum absolute atomic E-state index is 11.5. The van der Waals surface area contributed by atoms with Crippen LogP contribution in [0.25, 0.3) is 11.0 Å². The van der Waals surface area contributed by atoms with Gasteiger partial charge in [-0.1, -0.05) is 13.3 Å². The number of aromatic amines is 1. The lowest BCUT2D eigenvalue weighted by Crippen LogP contribution is -2.13. The summed E-state index contributed by atoms with van der Waals surface area (Å²) in [6.45, 7) is 2.64. The number of benzene rings is 1. The number of hydrogen-bond acceptors (Lipinski definition) is 4. The van der Waals surface area contributed by atoms with Gasteiger partial charge in [0.15, 0.2) is 9.84 Å². The third-order valence-electron chi connectivity index (χ3n) is 3.21. The van der Waals surface area contributed by atoms with Gasteiger partial charge < -0.3 is 10.7 Å². The summed E-state index contributed by atoms with van der Waals surface area (Å²) in [4.78, 5) is 7.98. The molecular formula is C13H19N3O2S. The number of nitrogens with one attached hydrogen (secondary N) is 1. The number of hydrogen-bond donors (Lipinski definition) is 2. The largest absolute Gasteiger partial charge is 0.342 e. The van der Waals surface area contributed by atoms with E-state index in [-0.39, 0.29) is 5.92 Å². The lowest BCUT2D eigenvalue weighted by atomic mass is 10.0. The summed E-state index contributed by atoms with van der Waals surface area (Å²) in [7, 11) is -3.19. The van der Waals surface area contributed by atoms with Crippen LogP contribution in [0.5, 0.6) is 0 Å². The van der Waals surface area contributed by atoms with E-state index in [1.54, 1.807) is 18.2 Å². The van der Waals surface area contributed by atoms with E-state index in [1.807, 2.05) is 0 Å². The molecule has 3 N–H and O–H groups in total. The van der Waals surface area contributed by atoms with Gasteiger partial charge in [0.25, 0.3) is 0 Å². The van der Waals surface area contributed by atoms with Crippen LogP contribution in [-0.4, -0.2) is 31.2 Å². The van der Waals surface area contributed by atoms with Crippen LogP contribution < -0.4 is 5.73 Å². The van der Waals surface area contributed by atoms with Crippen molar-refractivity contribution in [1.82, 2.24) is 9.97 Å². The second-order valence-corrected chi connectivity index (χ2v) is 6.81. The van der Waals surface area contributed by atoms with Crippen molar-refractivity contribution in [2.45, 2.75) is 30.6 Å². The summed E-state index contributed by atoms with van der Waals surface area (Å²) in [5.74, 6) is 1.03. The maximum atomic E-state index is 11.5. The zero-order valence-electron chi connectivity index (χ0n) is 11.2. The zero-order valence-corrected chi connectivity index (χ0v) is 12.0. The maximum Gasteiger partial charge on any atom is 0.175 e. The van der Waals surface area contributed by atoms with Gasteiger partial charge in [-0.2, -0.15) is 0 Å². The Kier molecular flexibility index (Phi) is 3.91. The molecule has 2 rings (SSSR count). The molecule has 0 fully saturated rings. The molecule has 104 valence electrons. The predicted octanol–water partition coefficient (Wildman–Crippen LogP) is 1.81. The average Bonchev–Trinajstić information content (AvgIpc) is 2.77. The SMILES string of the molecule is CCCC(CN)c1nc2ccc(S(C)(=O)=O)cc2[nH]1. The minimum Gasteiger partial charge on any atom is -0.342 e. The van der Waals surface area contributed by atoms with E-state index in [1.165, 1.54) is 6.26 Å². The third-order valence-corrected chi connectivity index (χ3v) is 4.32. The van der Waals surface area contributed by atoms with E-state index in [4.69, 9.17) is 5.73 Å². The van der Waals surface area contributed by atoms with Crippen molar-refractivity contribution in [2.75, 3.05) is 12.8 Å². The fraction of sp³-hybridized carbons (Fsp3) is 0.462. The second kappa shape index (κ2) is 5.30. The van der Waals surface area contributed by atoms with Gasteiger partial charge in [0.1, 0.15) is 5.82 Å². The summed E-state index contributed by atoms with van der Waals surface area (Å²) < 4.78 is 23.0. The first-order chi connectivity index (χ1) is 8.95. The molecule has 0 aliphatic heterocycles. The first kappa shape index (κ1) is 14.0. The second-order valence-electron chi connectivity index (χ2n) is 4.79. The Morgan fingerprint density at radius 3 is 2.74 bits per heavy atom. The van der Waals surface area contributed by atoms with Crippen molar-refractivity contribution in [3.8, 4) is 0 Å². The van der Waals surface area contributed by atoms with Crippen molar-refractivity contribution in [3.63, 3.8) is 0 Å². The highest BCUT2D eigenvalue weighted by Crippen LogP contribution is 2.22. The van der Waals surface area contributed by atoms with E-state index in [0.717, 1.165) is 29.7 Å². The Balaban J connectivity index is 2.46. The Morgan fingerprint density at radius 1 is 1.42 bits per heavy atom. The van der Waals surface area contributed by atoms with E-state index in [0.29, 0.717) is 11.4 Å². The van der Waals surface area contributed by atoms with Crippen LogP contribution in [0.2, 0.25) is 0 Å². The highest BCUT2D eigenvalue weighted by atomic mass is 32.2. The Labute approximate surface area is 113 Å². The lowest BCUT2D eigenvalue weighted by Gasteiger charge is -2.09. The molecule has 0 saturated carbocycles. The van der Waals surface area contributed by atoms with Crippen molar-refractivity contribution < 1.29 is 8.42 Å². The minimum absolute atomic E-state index is 0.194. The van der Waals surface area contributed by atoms with Crippen molar-refractivity contribution in [2.24, 2.45) is 5.73 Å². The number of sulfone groups is 1. The molecule has 5 nitrogen and oxygen atoms in total. The highest BCUT2D eigenvalue weighted by Gasteiger charge is 2.15. The molecule has 0 amide bonds. The van der Waals surface area contributed by atoms with Crippen molar-refractivity contribution in [3.05, 3.63) is 24.0 Å². The molecule has 1 atom stereocenters. The molecule has 0 radical (unpaired) electrons. The first-order valence-electron chi connectivity index (χ1n) is 6.35. The van der Waals surface area contributed by atoms with Crippen LogP contribution in [0.4, 0.5) is 0 Å². The van der Waals surface area contributed by atoms with Gasteiger partial charge in [-0.25, -0.2) is 13.4 Å². The number of nitrogens with zero attached hydrogens (tertiary/aromatic N) is 1. The van der Waals surface area contributed by atoms with Crippen LogP contribution in [0.1, 0.15) is 31.5 Å². The number of H-pyrrole nitrogens is 1. The average molecular weight is 281 g/mol. The first-order valence-corrected chi connectivity index (χ1v) is 8.24. The fourth-order valence-electron chi connectivity index (χ4n) is 2.15. The molecule has 1 heterocycles. The van der Waals surface area contributed by atoms with Crippen LogP contribution in [-0.2, 0) is 9.84 Å². The molecule has 2 aromatic rings. The standard InChI is InChI=1S/C13H19N3O2S/c1-3-4-9(8-14)13-15-11-6-5-10(19(2,17)18)7-12(11)16-13/h5-7,9H,3-4,8,14H2,1-2H3,(H,15,16). The Hall–Kier alpha value is -1.40. The quantitative estimate of drug-likeness (QED) is 0.874. The Morgan fingerprint density at radius 2 is 2.16 bits per heavy atom. The normalized spacial score (nSPS) is 13.8. The predicted molar refractivity (Wildman–Crippen MR) is 75.9 cm³/mol. The van der Waals surface area contributed by atoms with Crippen molar-refractivity contribution >= 4 is 20.9 Å². The zero-order chi connectivity index (χ0) is 14.0. The number of fused-ring (bicyclic) bond motifs is 1.